The fourth-order valence-corrected chi connectivity index (χ4v) is 4.70. The van der Waals surface area contributed by atoms with Crippen molar-refractivity contribution in [2.75, 3.05) is 13.1 Å². The molecule has 1 saturated heterocycles. The summed E-state index contributed by atoms with van der Waals surface area (Å²) in [6.07, 6.45) is 2.42. The third-order valence-electron chi connectivity index (χ3n) is 4.64. The Morgan fingerprint density at radius 1 is 1.38 bits per heavy atom. The minimum absolute atomic E-state index is 0.0877. The first-order valence-electron chi connectivity index (χ1n) is 8.38. The molecule has 3 aromatic heterocycles. The van der Waals surface area contributed by atoms with Crippen LogP contribution in [0.3, 0.4) is 0 Å². The lowest BCUT2D eigenvalue weighted by Crippen LogP contribution is -2.37. The molecule has 7 heteroatoms. The summed E-state index contributed by atoms with van der Waals surface area (Å²) in [5, 5.41) is 15.0. The van der Waals surface area contributed by atoms with Gasteiger partial charge in [0.2, 0.25) is 10.8 Å². The Balaban J connectivity index is 1.81. The van der Waals surface area contributed by atoms with E-state index >= 15 is 0 Å². The smallest absolute Gasteiger partial charge is 0.230 e. The maximum atomic E-state index is 10.7. The molecule has 4 rings (SSSR count). The van der Waals surface area contributed by atoms with Gasteiger partial charge in [-0.05, 0) is 51.3 Å². The molecule has 0 spiro atoms. The number of aromatic hydroxyl groups is 1. The monoisotopic (exact) mass is 346 g/mol. The summed E-state index contributed by atoms with van der Waals surface area (Å²) in [5.74, 6) is 3.24. The van der Waals surface area contributed by atoms with Crippen LogP contribution in [0.4, 0.5) is 0 Å². The molecule has 0 saturated carbocycles. The fraction of sp³-hybridized carbons (Fsp3) is 0.529. The quantitative estimate of drug-likeness (QED) is 0.786. The van der Waals surface area contributed by atoms with Gasteiger partial charge in [-0.25, -0.2) is 4.98 Å². The van der Waals surface area contributed by atoms with Gasteiger partial charge in [-0.2, -0.15) is 4.52 Å². The molecule has 0 aliphatic carbocycles. The Morgan fingerprint density at radius 2 is 2.21 bits per heavy atom. The lowest BCUT2D eigenvalue weighted by atomic mass is 9.97. The third-order valence-corrected chi connectivity index (χ3v) is 5.71. The second kappa shape index (κ2) is 5.89. The first-order chi connectivity index (χ1) is 11.5. The number of hydrogen-bond acceptors (Lipinski definition) is 6. The van der Waals surface area contributed by atoms with E-state index in [4.69, 9.17) is 4.42 Å². The van der Waals surface area contributed by atoms with Crippen LogP contribution in [0, 0.1) is 19.8 Å². The minimum Gasteiger partial charge on any atom is -0.492 e. The second-order valence-corrected chi connectivity index (χ2v) is 7.75. The number of nitrogens with zero attached hydrogens (tertiary/aromatic N) is 4. The van der Waals surface area contributed by atoms with E-state index in [1.165, 1.54) is 22.3 Å². The minimum atomic E-state index is -0.0877. The van der Waals surface area contributed by atoms with Crippen molar-refractivity contribution in [3.63, 3.8) is 0 Å². The first kappa shape index (κ1) is 15.7. The molecule has 128 valence electrons. The van der Waals surface area contributed by atoms with Crippen LogP contribution in [0.15, 0.2) is 16.5 Å². The van der Waals surface area contributed by atoms with E-state index in [0.717, 1.165) is 40.9 Å². The van der Waals surface area contributed by atoms with Crippen LogP contribution < -0.4 is 0 Å². The van der Waals surface area contributed by atoms with Gasteiger partial charge in [-0.15, -0.1) is 5.10 Å². The van der Waals surface area contributed by atoms with Crippen LogP contribution in [-0.2, 0) is 0 Å². The molecule has 1 aliphatic heterocycles. The average molecular weight is 346 g/mol. The Labute approximate surface area is 144 Å². The van der Waals surface area contributed by atoms with E-state index in [2.05, 4.69) is 21.9 Å². The molecule has 1 aliphatic rings. The fourth-order valence-electron chi connectivity index (χ4n) is 3.56. The van der Waals surface area contributed by atoms with Gasteiger partial charge in [-0.1, -0.05) is 18.3 Å². The molecular weight excluding hydrogens is 324 g/mol. The largest absolute Gasteiger partial charge is 0.492 e. The van der Waals surface area contributed by atoms with Gasteiger partial charge in [0, 0.05) is 6.54 Å². The van der Waals surface area contributed by atoms with Gasteiger partial charge >= 0.3 is 0 Å². The zero-order valence-electron chi connectivity index (χ0n) is 14.2. The standard InChI is InChI=1S/C17H22N4O2S/c1-10-5-4-8-20(9-10)14(13-7-6-11(2)23-13)15-16(22)21-17(24-15)18-12(3)19-21/h6-7,10,14,22H,4-5,8-9H2,1-3H3/t10-,14+/m0/s1. The highest BCUT2D eigenvalue weighted by atomic mass is 32.1. The van der Waals surface area contributed by atoms with Crippen LogP contribution in [0.1, 0.15) is 48.0 Å². The van der Waals surface area contributed by atoms with Crippen LogP contribution in [0.2, 0.25) is 0 Å². The molecule has 3 aromatic rings. The molecule has 0 unspecified atom stereocenters. The number of aryl methyl sites for hydroxylation is 2. The Hall–Kier alpha value is -1.86. The Kier molecular flexibility index (Phi) is 3.85. The average Bonchev–Trinajstić information content (AvgIpc) is 3.18. The van der Waals surface area contributed by atoms with E-state index in [1.54, 1.807) is 0 Å². The van der Waals surface area contributed by atoms with Crippen molar-refractivity contribution in [3.05, 3.63) is 34.4 Å². The van der Waals surface area contributed by atoms with Crippen molar-refractivity contribution in [3.8, 4) is 5.88 Å². The van der Waals surface area contributed by atoms with E-state index in [9.17, 15) is 5.11 Å². The second-order valence-electron chi connectivity index (χ2n) is 6.74. The van der Waals surface area contributed by atoms with Crippen LogP contribution in [0.5, 0.6) is 5.88 Å². The van der Waals surface area contributed by atoms with Crippen LogP contribution in [0.25, 0.3) is 4.96 Å². The lowest BCUT2D eigenvalue weighted by Gasteiger charge is -2.35. The number of rotatable bonds is 3. The summed E-state index contributed by atoms with van der Waals surface area (Å²) in [5.41, 5.74) is 0. The topological polar surface area (TPSA) is 66.8 Å². The number of fused-ring (bicyclic) bond motifs is 1. The molecule has 4 heterocycles. The zero-order valence-corrected chi connectivity index (χ0v) is 15.0. The van der Waals surface area contributed by atoms with Crippen molar-refractivity contribution in [1.82, 2.24) is 19.5 Å². The van der Waals surface area contributed by atoms with Crippen LogP contribution >= 0.6 is 11.3 Å². The maximum Gasteiger partial charge on any atom is 0.230 e. The first-order valence-corrected chi connectivity index (χ1v) is 9.20. The predicted molar refractivity (Wildman–Crippen MR) is 92.5 cm³/mol. The van der Waals surface area contributed by atoms with Crippen molar-refractivity contribution >= 4 is 16.3 Å². The molecule has 0 radical (unpaired) electrons. The highest BCUT2D eigenvalue weighted by molar-refractivity contribution is 7.17. The molecular formula is C17H22N4O2S. The van der Waals surface area contributed by atoms with E-state index in [1.807, 2.05) is 26.0 Å². The number of likely N-dealkylation sites (tertiary alicyclic amines) is 1. The van der Waals surface area contributed by atoms with Crippen molar-refractivity contribution < 1.29 is 9.52 Å². The molecule has 2 atom stereocenters. The summed E-state index contributed by atoms with van der Waals surface area (Å²) in [6.45, 7) is 8.06. The summed E-state index contributed by atoms with van der Waals surface area (Å²) >= 11 is 1.49. The number of thiazole rings is 1. The molecule has 1 fully saturated rings. The van der Waals surface area contributed by atoms with Crippen LogP contribution in [-0.4, -0.2) is 37.7 Å². The SMILES string of the molecule is Cc1nc2sc([C@@H](c3ccc(C)o3)N3CCC[C@H](C)C3)c(O)n2n1. The Bertz CT molecular complexity index is 865. The molecule has 24 heavy (non-hydrogen) atoms. The van der Waals surface area contributed by atoms with Gasteiger partial charge < -0.3 is 9.52 Å². The summed E-state index contributed by atoms with van der Waals surface area (Å²) in [7, 11) is 0. The summed E-state index contributed by atoms with van der Waals surface area (Å²) in [4.78, 5) is 8.38. The Morgan fingerprint density at radius 3 is 2.88 bits per heavy atom. The van der Waals surface area contributed by atoms with Gasteiger partial charge in [0.05, 0.1) is 4.88 Å². The number of furan rings is 1. The number of piperidine rings is 1. The van der Waals surface area contributed by atoms with Crippen molar-refractivity contribution in [2.24, 2.45) is 5.92 Å². The van der Waals surface area contributed by atoms with Gasteiger partial charge in [0.1, 0.15) is 23.4 Å². The third kappa shape index (κ3) is 2.61. The van der Waals surface area contributed by atoms with Gasteiger partial charge in [0.15, 0.2) is 0 Å². The molecule has 0 amide bonds. The number of hydrogen-bond donors (Lipinski definition) is 1. The molecule has 0 aromatic carbocycles. The molecule has 6 nitrogen and oxygen atoms in total. The summed E-state index contributed by atoms with van der Waals surface area (Å²) in [6, 6.07) is 3.91. The van der Waals surface area contributed by atoms with E-state index in [-0.39, 0.29) is 11.9 Å². The number of aromatic nitrogens is 3. The normalized spacial score (nSPS) is 20.7. The van der Waals surface area contributed by atoms with Gasteiger partial charge in [-0.3, -0.25) is 4.90 Å². The summed E-state index contributed by atoms with van der Waals surface area (Å²) < 4.78 is 7.48. The zero-order chi connectivity index (χ0) is 16.8. The predicted octanol–water partition coefficient (Wildman–Crippen LogP) is 3.53. The highest BCUT2D eigenvalue weighted by Gasteiger charge is 2.33. The van der Waals surface area contributed by atoms with Gasteiger partial charge in [0.25, 0.3) is 0 Å². The van der Waals surface area contributed by atoms with Crippen molar-refractivity contribution in [1.29, 1.82) is 0 Å². The maximum absolute atomic E-state index is 10.7. The van der Waals surface area contributed by atoms with Crippen molar-refractivity contribution in [2.45, 2.75) is 39.7 Å². The van der Waals surface area contributed by atoms with E-state index < -0.39 is 0 Å². The molecule has 0 bridgehead atoms. The highest BCUT2D eigenvalue weighted by Crippen LogP contribution is 2.41. The molecule has 1 N–H and O–H groups in total. The lowest BCUT2D eigenvalue weighted by molar-refractivity contribution is 0.135. The van der Waals surface area contributed by atoms with E-state index in [0.29, 0.717) is 11.7 Å².